The largest absolute Gasteiger partial charge is 0.389 e. The van der Waals surface area contributed by atoms with Crippen LogP contribution in [0.1, 0.15) is 32.1 Å². The third-order valence-corrected chi connectivity index (χ3v) is 30.1. The fourth-order valence-electron chi connectivity index (χ4n) is 12.5. The normalized spacial score (nSPS) is 34.3. The van der Waals surface area contributed by atoms with Gasteiger partial charge in [-0.15, -0.1) is 77.5 Å². The predicted octanol–water partition coefficient (Wildman–Crippen LogP) is 5.69. The zero-order valence-corrected chi connectivity index (χ0v) is 73.4. The molecular weight excluding hydrogens is 1770 g/mol. The van der Waals surface area contributed by atoms with Crippen molar-refractivity contribution in [2.75, 3.05) is 104 Å². The zero-order valence-electron chi connectivity index (χ0n) is 62.3. The minimum atomic E-state index is -1.20. The van der Waals surface area contributed by atoms with Crippen molar-refractivity contribution in [3.8, 4) is 0 Å². The van der Waals surface area contributed by atoms with Crippen molar-refractivity contribution < 1.29 is 77.9 Å². The van der Waals surface area contributed by atoms with Gasteiger partial charge in [0.25, 0.3) is 29.5 Å². The summed E-state index contributed by atoms with van der Waals surface area (Å²) in [5.74, 6) is 1.19. The highest BCUT2D eigenvalue weighted by atomic mass is 127. The second-order valence-corrected chi connectivity index (χ2v) is 57.3. The lowest BCUT2D eigenvalue weighted by molar-refractivity contribution is -0.182. The number of nitrogens with zero attached hydrogens (tertiary/aromatic N) is 5. The molecule has 11 heterocycles. The Bertz CT molecular complexity index is 3380. The van der Waals surface area contributed by atoms with E-state index in [0.717, 1.165) is 62.9 Å². The summed E-state index contributed by atoms with van der Waals surface area (Å²) in [6.45, 7) is 35.4. The smallest absolute Gasteiger partial charge is 0.250 e. The Kier molecular flexibility index (Phi) is 31.8. The molecule has 10 N–H and O–H groups in total. The van der Waals surface area contributed by atoms with Crippen LogP contribution in [0.2, 0.25) is 0 Å². The van der Waals surface area contributed by atoms with Gasteiger partial charge >= 0.3 is 0 Å². The van der Waals surface area contributed by atoms with Gasteiger partial charge in [-0.05, 0) is 130 Å². The lowest BCUT2D eigenvalue weighted by atomic mass is 9.96. The number of hydrogen-bond acceptors (Lipinski definition) is 21. The first-order chi connectivity index (χ1) is 49.0. The molecule has 0 aliphatic carbocycles. The highest BCUT2D eigenvalue weighted by Crippen LogP contribution is 2.49. The van der Waals surface area contributed by atoms with Gasteiger partial charge in [-0.25, -0.2) is 0 Å². The summed E-state index contributed by atoms with van der Waals surface area (Å²) in [7, 11) is 0. The van der Waals surface area contributed by atoms with Crippen molar-refractivity contribution in [3.63, 3.8) is 0 Å². The first-order valence-electron chi connectivity index (χ1n) is 34.5. The van der Waals surface area contributed by atoms with E-state index in [1.165, 1.54) is 30.4 Å². The van der Waals surface area contributed by atoms with Crippen molar-refractivity contribution in [1.82, 2.24) is 51.1 Å². The van der Waals surface area contributed by atoms with E-state index >= 15 is 0 Å². The van der Waals surface area contributed by atoms with E-state index in [9.17, 15) is 49.5 Å². The molecule has 35 heteroatoms. The van der Waals surface area contributed by atoms with Gasteiger partial charge in [0.2, 0.25) is 0 Å². The lowest BCUT2D eigenvalue weighted by Crippen LogP contribution is -2.49. The van der Waals surface area contributed by atoms with Gasteiger partial charge < -0.3 is 105 Å². The Morgan fingerprint density at radius 3 is 1.05 bits per heavy atom. The van der Waals surface area contributed by atoms with Gasteiger partial charge in [0.15, 0.2) is 18.7 Å². The molecular formula is C71H111BrClI2N10O16P5. The number of rotatable bonds is 20. The Balaban J connectivity index is 0.000000185. The van der Waals surface area contributed by atoms with E-state index in [0.29, 0.717) is 35.7 Å². The molecule has 594 valence electrons. The highest BCUT2D eigenvalue weighted by Gasteiger charge is 2.62. The third-order valence-electron chi connectivity index (χ3n) is 18.6. The number of amides is 5. The summed E-state index contributed by atoms with van der Waals surface area (Å²) in [6.07, 6.45) is 38.3. The van der Waals surface area contributed by atoms with Crippen LogP contribution in [0.5, 0.6) is 0 Å². The van der Waals surface area contributed by atoms with Crippen LogP contribution < -0.4 is 26.6 Å². The molecule has 11 aliphatic rings. The molecule has 0 aromatic rings. The molecule has 0 aromatic carbocycles. The van der Waals surface area contributed by atoms with Crippen LogP contribution in [0.25, 0.3) is 0 Å². The maximum atomic E-state index is 11.3. The Labute approximate surface area is 667 Å². The number of carbonyl (C=O) groups is 5. The topological polar surface area (TPSA) is 318 Å². The molecule has 6 fully saturated rings. The first-order valence-corrected chi connectivity index (χ1v) is 53.7. The standard InChI is InChI=1S/C15H23N2O4P.C14H22BrN2O3P.C14H22ClN2O3P.2C14H22IN2O3P/c1-10-16-11(18)5-7-17(10)14-12-13(19)15(21-14,9-20-12)6-8-22(2,3)4;4*1-9-16-11(18)5-7-17(9)14-12(15)13(19)10(20-14)6-8-21(2,3)4/h5,7,12-14,19H,1-2,6,8-9H2,3-4H3,(H,16,18);4*5,7,10,12-14,19H,1-2,6,8H2,3-4H3,(H,16,18)/t12-,13+,14?,15+;4*10-,12-,13-,14?/m11111/s1. The molecule has 20 atom stereocenters. The molecule has 11 rings (SSSR count). The summed E-state index contributed by atoms with van der Waals surface area (Å²) in [4.78, 5) is 64.8. The van der Waals surface area contributed by atoms with Crippen molar-refractivity contribution in [2.24, 2.45) is 0 Å². The molecule has 0 spiro atoms. The molecule has 5 unspecified atom stereocenters. The summed E-state index contributed by atoms with van der Waals surface area (Å²) in [5.41, 5.74) is -0.681. The van der Waals surface area contributed by atoms with E-state index in [4.69, 9.17) is 40.0 Å². The SMILES string of the molecule is C=C1NC(=O)C=CN1C1O[C@@]2(CCP(=C)(C)C)CO[C@@H]1[C@@H]2O.C=C1NC(=O)C=CN1C1O[C@H](CCP(=C)(C)C)[C@@H](O)[C@H]1Br.C=C1NC(=O)C=CN1C1O[C@H](CCP(=C)(C)C)[C@@H](O)[C@H]1Cl.C=C1NC(=O)C=CN1C1O[C@H](CCP(=C)(C)C)[C@@H](O)[C@H]1I.C=C1NC(=O)C=CN1C1O[C@H](CCP(=C)(C)C)[C@@H](O)[C@H]1I. The molecule has 26 nitrogen and oxygen atoms in total. The van der Waals surface area contributed by atoms with Crippen LogP contribution in [0.4, 0.5) is 0 Å². The van der Waals surface area contributed by atoms with Gasteiger partial charge in [0, 0.05) is 61.4 Å². The van der Waals surface area contributed by atoms with Crippen LogP contribution in [0, 0.1) is 0 Å². The Morgan fingerprint density at radius 1 is 0.453 bits per heavy atom. The fourth-order valence-corrected chi connectivity index (χ4v) is 20.4. The molecule has 106 heavy (non-hydrogen) atoms. The van der Waals surface area contributed by atoms with Gasteiger partial charge in [0.1, 0.15) is 70.9 Å². The minimum Gasteiger partial charge on any atom is -0.389 e. The zero-order chi connectivity index (χ0) is 79.3. The van der Waals surface area contributed by atoms with Crippen molar-refractivity contribution in [1.29, 1.82) is 0 Å². The van der Waals surface area contributed by atoms with Gasteiger partial charge in [-0.1, -0.05) is 94.0 Å². The van der Waals surface area contributed by atoms with Crippen LogP contribution in [-0.4, -0.2) is 331 Å². The van der Waals surface area contributed by atoms with E-state index in [1.54, 1.807) is 55.5 Å². The van der Waals surface area contributed by atoms with Gasteiger partial charge in [-0.3, -0.25) is 24.0 Å². The van der Waals surface area contributed by atoms with Crippen LogP contribution in [0.3, 0.4) is 0 Å². The maximum Gasteiger partial charge on any atom is 0.250 e. The van der Waals surface area contributed by atoms with Crippen LogP contribution in [-0.2, 0) is 52.4 Å². The number of carbonyl (C=O) groups excluding carboxylic acids is 5. The van der Waals surface area contributed by atoms with E-state index < -0.39 is 94.5 Å². The minimum absolute atomic E-state index is 0.0877. The first kappa shape index (κ1) is 90.2. The average Bonchev–Trinajstić information content (AvgIpc) is 1.57. The molecule has 0 saturated carbocycles. The fraction of sp³-hybridized carbons (Fsp3) is 0.577. The third kappa shape index (κ3) is 24.8. The molecule has 6 saturated heterocycles. The van der Waals surface area contributed by atoms with Gasteiger partial charge in [0.05, 0.1) is 62.0 Å². The quantitative estimate of drug-likeness (QED) is 0.0398. The Morgan fingerprint density at radius 2 is 0.726 bits per heavy atom. The van der Waals surface area contributed by atoms with Gasteiger partial charge in [-0.2, -0.15) is 0 Å². The number of ether oxygens (including phenoxy) is 6. The summed E-state index contributed by atoms with van der Waals surface area (Å²) >= 11 is 14.2. The van der Waals surface area contributed by atoms with E-state index in [1.807, 2.05) is 0 Å². The number of alkyl halides is 4. The molecule has 0 radical (unpaired) electrons. The Hall–Kier alpha value is -2.96. The number of halogens is 4. The van der Waals surface area contributed by atoms with Crippen molar-refractivity contribution >= 4 is 168 Å². The second kappa shape index (κ2) is 37.3. The number of aliphatic hydroxyl groups excluding tert-OH is 5. The summed E-state index contributed by atoms with van der Waals surface area (Å²) in [5, 5.41) is 64.5. The van der Waals surface area contributed by atoms with Crippen LogP contribution >= 0.6 is 107 Å². The van der Waals surface area contributed by atoms with Crippen molar-refractivity contribution in [2.45, 2.75) is 148 Å². The van der Waals surface area contributed by atoms with E-state index in [2.05, 4.69) is 219 Å². The van der Waals surface area contributed by atoms with Crippen molar-refractivity contribution in [3.05, 3.63) is 123 Å². The number of hydrogen-bond donors (Lipinski definition) is 10. The molecule has 5 amide bonds. The number of aliphatic hydroxyl groups is 5. The predicted molar refractivity (Wildman–Crippen MR) is 458 cm³/mol. The number of nitrogens with one attached hydrogen (secondary N) is 5. The summed E-state index contributed by atoms with van der Waals surface area (Å²) < 4.78 is 35.7. The molecule has 2 bridgehead atoms. The molecule has 0 aromatic heterocycles. The average molecular weight is 1880 g/mol. The summed E-state index contributed by atoms with van der Waals surface area (Å²) in [6, 6.07) is 0. The van der Waals surface area contributed by atoms with Crippen LogP contribution in [0.15, 0.2) is 123 Å². The monoisotopic (exact) mass is 1880 g/mol. The number of fused-ring (bicyclic) bond motifs is 2. The maximum absolute atomic E-state index is 11.3. The molecule has 11 aliphatic heterocycles. The highest BCUT2D eigenvalue weighted by molar-refractivity contribution is 14.1. The second-order valence-electron chi connectivity index (χ2n) is 31.3. The van der Waals surface area contributed by atoms with E-state index in [-0.39, 0.29) is 85.3 Å². The lowest BCUT2D eigenvalue weighted by Gasteiger charge is -2.38.